The van der Waals surface area contributed by atoms with Crippen LogP contribution < -0.4 is 10.1 Å². The number of sulfonamides is 1. The first kappa shape index (κ1) is 19.9. The summed E-state index contributed by atoms with van der Waals surface area (Å²) in [6, 6.07) is 16.8. The third-order valence-corrected chi connectivity index (χ3v) is 4.96. The van der Waals surface area contributed by atoms with E-state index in [1.807, 2.05) is 61.5 Å². The standard InChI is InChI=1S/C19H24N2O4S/c1-16-8-6-7-11-18(16)25-13-12-20-19(22)15-21(26(2,23)24)14-17-9-4-3-5-10-17/h3-11H,12-15H2,1-2H3,(H,20,22). The summed E-state index contributed by atoms with van der Waals surface area (Å²) < 4.78 is 30.7. The minimum Gasteiger partial charge on any atom is -0.491 e. The third-order valence-electron chi connectivity index (χ3n) is 3.77. The van der Waals surface area contributed by atoms with Gasteiger partial charge in [0, 0.05) is 6.54 Å². The van der Waals surface area contributed by atoms with Gasteiger partial charge in [0.25, 0.3) is 0 Å². The lowest BCUT2D eigenvalue weighted by atomic mass is 10.2. The first-order chi connectivity index (χ1) is 12.4. The van der Waals surface area contributed by atoms with Gasteiger partial charge in [-0.15, -0.1) is 0 Å². The molecule has 2 aromatic carbocycles. The van der Waals surface area contributed by atoms with Crippen molar-refractivity contribution in [1.29, 1.82) is 0 Å². The van der Waals surface area contributed by atoms with Gasteiger partial charge in [0.05, 0.1) is 19.3 Å². The molecule has 1 N–H and O–H groups in total. The second-order valence-corrected chi connectivity index (χ2v) is 7.96. The molecule has 2 aromatic rings. The van der Waals surface area contributed by atoms with Gasteiger partial charge in [-0.1, -0.05) is 48.5 Å². The molecule has 0 fully saturated rings. The highest BCUT2D eigenvalue weighted by Crippen LogP contribution is 2.15. The zero-order chi connectivity index (χ0) is 19.0. The first-order valence-electron chi connectivity index (χ1n) is 8.30. The first-order valence-corrected chi connectivity index (χ1v) is 10.2. The van der Waals surface area contributed by atoms with Gasteiger partial charge in [-0.3, -0.25) is 4.79 Å². The summed E-state index contributed by atoms with van der Waals surface area (Å²) in [7, 11) is -3.50. The Balaban J connectivity index is 1.82. The van der Waals surface area contributed by atoms with Gasteiger partial charge < -0.3 is 10.1 Å². The fraction of sp³-hybridized carbons (Fsp3) is 0.316. The quantitative estimate of drug-likeness (QED) is 0.679. The molecule has 2 rings (SSSR count). The predicted molar refractivity (Wildman–Crippen MR) is 101 cm³/mol. The summed E-state index contributed by atoms with van der Waals surface area (Å²) in [4.78, 5) is 12.1. The molecule has 140 valence electrons. The monoisotopic (exact) mass is 376 g/mol. The van der Waals surface area contributed by atoms with Gasteiger partial charge in [-0.2, -0.15) is 4.31 Å². The maximum absolute atomic E-state index is 12.1. The van der Waals surface area contributed by atoms with E-state index < -0.39 is 10.0 Å². The summed E-state index contributed by atoms with van der Waals surface area (Å²) in [6.45, 7) is 2.50. The van der Waals surface area contributed by atoms with Gasteiger partial charge in [0.1, 0.15) is 12.4 Å². The van der Waals surface area contributed by atoms with Gasteiger partial charge in [0.15, 0.2) is 0 Å². The molecule has 0 radical (unpaired) electrons. The molecular formula is C19H24N2O4S. The van der Waals surface area contributed by atoms with Crippen LogP contribution in [0.4, 0.5) is 0 Å². The molecule has 0 aliphatic carbocycles. The van der Waals surface area contributed by atoms with E-state index in [2.05, 4.69) is 5.32 Å². The molecule has 0 bridgehead atoms. The predicted octanol–water partition coefficient (Wildman–Crippen LogP) is 1.95. The number of nitrogens with zero attached hydrogens (tertiary/aromatic N) is 1. The lowest BCUT2D eigenvalue weighted by Crippen LogP contribution is -2.40. The number of benzene rings is 2. The normalized spacial score (nSPS) is 11.3. The summed E-state index contributed by atoms with van der Waals surface area (Å²) in [5, 5.41) is 2.69. The van der Waals surface area contributed by atoms with Crippen molar-refractivity contribution >= 4 is 15.9 Å². The number of rotatable bonds is 9. The van der Waals surface area contributed by atoms with Crippen molar-refractivity contribution in [3.05, 3.63) is 65.7 Å². The summed E-state index contributed by atoms with van der Waals surface area (Å²) >= 11 is 0. The van der Waals surface area contributed by atoms with Gasteiger partial charge in [-0.05, 0) is 24.1 Å². The van der Waals surface area contributed by atoms with Gasteiger partial charge in [-0.25, -0.2) is 8.42 Å². The van der Waals surface area contributed by atoms with Crippen LogP contribution >= 0.6 is 0 Å². The minimum atomic E-state index is -3.50. The van der Waals surface area contributed by atoms with Crippen LogP contribution in [0.25, 0.3) is 0 Å². The number of amides is 1. The largest absolute Gasteiger partial charge is 0.491 e. The van der Waals surface area contributed by atoms with Crippen LogP contribution in [0.5, 0.6) is 5.75 Å². The van der Waals surface area contributed by atoms with Crippen LogP contribution in [0, 0.1) is 6.92 Å². The molecule has 0 spiro atoms. The van der Waals surface area contributed by atoms with Crippen molar-refractivity contribution in [3.63, 3.8) is 0 Å². The molecule has 0 atom stereocenters. The number of carbonyl (C=O) groups is 1. The van der Waals surface area contributed by atoms with E-state index >= 15 is 0 Å². The second-order valence-electron chi connectivity index (χ2n) is 5.98. The van der Waals surface area contributed by atoms with Crippen molar-refractivity contribution in [1.82, 2.24) is 9.62 Å². The van der Waals surface area contributed by atoms with Crippen LogP contribution in [0.15, 0.2) is 54.6 Å². The number of nitrogens with one attached hydrogen (secondary N) is 1. The van der Waals surface area contributed by atoms with Crippen LogP contribution in [-0.4, -0.2) is 44.6 Å². The Bertz CT molecular complexity index is 822. The Hall–Kier alpha value is -2.38. The highest BCUT2D eigenvalue weighted by atomic mass is 32.2. The molecule has 0 unspecified atom stereocenters. The Kier molecular flexibility index (Phi) is 7.17. The minimum absolute atomic E-state index is 0.160. The Morgan fingerprint density at radius 1 is 1.08 bits per heavy atom. The number of aryl methyl sites for hydroxylation is 1. The molecule has 6 nitrogen and oxygen atoms in total. The lowest BCUT2D eigenvalue weighted by Gasteiger charge is -2.19. The number of hydrogen-bond acceptors (Lipinski definition) is 4. The molecule has 26 heavy (non-hydrogen) atoms. The van der Waals surface area contributed by atoms with Crippen LogP contribution in [0.3, 0.4) is 0 Å². The zero-order valence-corrected chi connectivity index (χ0v) is 15.8. The molecule has 7 heteroatoms. The number of ether oxygens (including phenoxy) is 1. The van der Waals surface area contributed by atoms with E-state index in [-0.39, 0.29) is 19.0 Å². The molecule has 0 aliphatic rings. The van der Waals surface area contributed by atoms with Crippen molar-refractivity contribution in [2.24, 2.45) is 0 Å². The average molecular weight is 376 g/mol. The maximum Gasteiger partial charge on any atom is 0.235 e. The third kappa shape index (κ3) is 6.50. The molecule has 0 aliphatic heterocycles. The smallest absolute Gasteiger partial charge is 0.235 e. The molecule has 0 saturated carbocycles. The fourth-order valence-electron chi connectivity index (χ4n) is 2.36. The zero-order valence-electron chi connectivity index (χ0n) is 15.0. The molecule has 0 saturated heterocycles. The molecule has 1 amide bonds. The summed E-state index contributed by atoms with van der Waals surface area (Å²) in [5.41, 5.74) is 1.85. The van der Waals surface area contributed by atoms with E-state index in [1.165, 1.54) is 0 Å². The Morgan fingerprint density at radius 3 is 2.38 bits per heavy atom. The van der Waals surface area contributed by atoms with E-state index in [4.69, 9.17) is 4.74 Å². The van der Waals surface area contributed by atoms with Crippen LogP contribution in [0.1, 0.15) is 11.1 Å². The van der Waals surface area contributed by atoms with Crippen molar-refractivity contribution < 1.29 is 17.9 Å². The second kappa shape index (κ2) is 9.35. The molecular weight excluding hydrogens is 352 g/mol. The Labute approximate surface area is 154 Å². The van der Waals surface area contributed by atoms with E-state index in [9.17, 15) is 13.2 Å². The average Bonchev–Trinajstić information content (AvgIpc) is 2.60. The van der Waals surface area contributed by atoms with E-state index in [1.54, 1.807) is 0 Å². The van der Waals surface area contributed by atoms with Gasteiger partial charge >= 0.3 is 0 Å². The number of para-hydroxylation sites is 1. The van der Waals surface area contributed by atoms with Crippen molar-refractivity contribution in [2.75, 3.05) is 26.0 Å². The molecule has 0 heterocycles. The topological polar surface area (TPSA) is 75.7 Å². The molecule has 0 aromatic heterocycles. The van der Waals surface area contributed by atoms with Gasteiger partial charge in [0.2, 0.25) is 15.9 Å². The maximum atomic E-state index is 12.1. The number of carbonyl (C=O) groups excluding carboxylic acids is 1. The summed E-state index contributed by atoms with van der Waals surface area (Å²) in [5.74, 6) is 0.406. The number of hydrogen-bond donors (Lipinski definition) is 1. The van der Waals surface area contributed by atoms with E-state index in [0.717, 1.165) is 27.4 Å². The summed E-state index contributed by atoms with van der Waals surface area (Å²) in [6.07, 6.45) is 1.10. The van der Waals surface area contributed by atoms with Crippen LogP contribution in [-0.2, 0) is 21.4 Å². The highest BCUT2D eigenvalue weighted by molar-refractivity contribution is 7.88. The SMILES string of the molecule is Cc1ccccc1OCCNC(=O)CN(Cc1ccccc1)S(C)(=O)=O. The Morgan fingerprint density at radius 2 is 1.73 bits per heavy atom. The fourth-order valence-corrected chi connectivity index (χ4v) is 3.10. The van der Waals surface area contributed by atoms with Crippen LogP contribution in [0.2, 0.25) is 0 Å². The van der Waals surface area contributed by atoms with Crippen molar-refractivity contribution in [2.45, 2.75) is 13.5 Å². The highest BCUT2D eigenvalue weighted by Gasteiger charge is 2.20. The lowest BCUT2D eigenvalue weighted by molar-refractivity contribution is -0.121. The van der Waals surface area contributed by atoms with Crippen molar-refractivity contribution in [3.8, 4) is 5.75 Å². The van der Waals surface area contributed by atoms with E-state index in [0.29, 0.717) is 13.2 Å².